The third kappa shape index (κ3) is 5.29. The summed E-state index contributed by atoms with van der Waals surface area (Å²) in [5, 5.41) is 5.87. The Labute approximate surface area is 216 Å². The number of nitrogens with zero attached hydrogens (tertiary/aromatic N) is 1. The molecule has 3 amide bonds. The number of rotatable bonds is 7. The molecule has 6 nitrogen and oxygen atoms in total. The Balaban J connectivity index is 1.39. The van der Waals surface area contributed by atoms with Crippen molar-refractivity contribution in [1.82, 2.24) is 0 Å². The monoisotopic (exact) mass is 509 g/mol. The molecule has 4 aromatic carbocycles. The summed E-state index contributed by atoms with van der Waals surface area (Å²) in [6.07, 6.45) is 0. The van der Waals surface area contributed by atoms with Crippen LogP contribution < -0.4 is 15.5 Å². The van der Waals surface area contributed by atoms with Crippen LogP contribution in [0.15, 0.2) is 125 Å². The molecule has 1 aliphatic heterocycles. The van der Waals surface area contributed by atoms with Crippen LogP contribution >= 0.6 is 11.8 Å². The van der Waals surface area contributed by atoms with E-state index in [1.807, 2.05) is 36.4 Å². The van der Waals surface area contributed by atoms with Crippen LogP contribution in [-0.2, 0) is 9.59 Å². The molecule has 0 aliphatic carbocycles. The smallest absolute Gasteiger partial charge is 0.283 e. The maximum atomic E-state index is 13.4. The van der Waals surface area contributed by atoms with Gasteiger partial charge in [-0.2, -0.15) is 0 Å². The van der Waals surface area contributed by atoms with Gasteiger partial charge in [0.1, 0.15) is 16.4 Å². The van der Waals surface area contributed by atoms with Gasteiger partial charge in [0, 0.05) is 21.8 Å². The highest BCUT2D eigenvalue weighted by atomic mass is 32.2. The number of para-hydroxylation sites is 2. The van der Waals surface area contributed by atoms with Gasteiger partial charge < -0.3 is 10.6 Å². The fourth-order valence-electron chi connectivity index (χ4n) is 3.72. The number of carbonyl (C=O) groups excluding carboxylic acids is 3. The van der Waals surface area contributed by atoms with E-state index in [-0.39, 0.29) is 16.5 Å². The van der Waals surface area contributed by atoms with Gasteiger partial charge in [-0.25, -0.2) is 9.29 Å². The van der Waals surface area contributed by atoms with E-state index >= 15 is 0 Å². The molecule has 37 heavy (non-hydrogen) atoms. The first-order chi connectivity index (χ1) is 18.0. The SMILES string of the molecule is O=C(Nc1ccc(SC2=C(Nc3ccccc3)C(=O)N(c3ccccc3)C2=O)cc1)c1ccc(F)cc1. The van der Waals surface area contributed by atoms with E-state index in [9.17, 15) is 18.8 Å². The summed E-state index contributed by atoms with van der Waals surface area (Å²) in [4.78, 5) is 41.3. The van der Waals surface area contributed by atoms with Crippen molar-refractivity contribution in [2.45, 2.75) is 4.90 Å². The fourth-order valence-corrected chi connectivity index (χ4v) is 4.65. The summed E-state index contributed by atoms with van der Waals surface area (Å²) in [5.74, 6) is -1.65. The predicted molar refractivity (Wildman–Crippen MR) is 143 cm³/mol. The Bertz CT molecular complexity index is 1490. The predicted octanol–water partition coefficient (Wildman–Crippen LogP) is 6.07. The number of halogens is 1. The van der Waals surface area contributed by atoms with E-state index < -0.39 is 17.6 Å². The van der Waals surface area contributed by atoms with Gasteiger partial charge in [0.15, 0.2) is 0 Å². The number of thioether (sulfide) groups is 1. The Morgan fingerprint density at radius 1 is 0.703 bits per heavy atom. The number of amides is 3. The number of carbonyl (C=O) groups is 3. The second-order valence-electron chi connectivity index (χ2n) is 8.06. The molecule has 0 fully saturated rings. The number of anilines is 3. The lowest BCUT2D eigenvalue weighted by Gasteiger charge is -2.15. The number of hydrogen-bond donors (Lipinski definition) is 2. The van der Waals surface area contributed by atoms with Crippen molar-refractivity contribution in [1.29, 1.82) is 0 Å². The van der Waals surface area contributed by atoms with Crippen LogP contribution in [-0.4, -0.2) is 17.7 Å². The van der Waals surface area contributed by atoms with Crippen molar-refractivity contribution in [3.63, 3.8) is 0 Å². The van der Waals surface area contributed by atoms with E-state index in [1.165, 1.54) is 36.0 Å². The molecule has 8 heteroatoms. The lowest BCUT2D eigenvalue weighted by atomic mass is 10.2. The Morgan fingerprint density at radius 3 is 1.97 bits per heavy atom. The summed E-state index contributed by atoms with van der Waals surface area (Å²) in [6.45, 7) is 0. The molecule has 0 radical (unpaired) electrons. The first kappa shape index (κ1) is 24.0. The Kier molecular flexibility index (Phi) is 6.83. The summed E-state index contributed by atoms with van der Waals surface area (Å²) in [7, 11) is 0. The van der Waals surface area contributed by atoms with Gasteiger partial charge in [-0.05, 0) is 72.8 Å². The summed E-state index contributed by atoms with van der Waals surface area (Å²) >= 11 is 1.17. The molecule has 4 aromatic rings. The Hall–Kier alpha value is -4.69. The van der Waals surface area contributed by atoms with E-state index in [0.29, 0.717) is 27.5 Å². The number of nitrogens with one attached hydrogen (secondary N) is 2. The molecule has 0 unspecified atom stereocenters. The summed E-state index contributed by atoms with van der Waals surface area (Å²) in [6, 6.07) is 30.1. The van der Waals surface area contributed by atoms with Crippen molar-refractivity contribution in [2.24, 2.45) is 0 Å². The van der Waals surface area contributed by atoms with E-state index in [0.717, 1.165) is 4.90 Å². The minimum absolute atomic E-state index is 0.193. The van der Waals surface area contributed by atoms with Gasteiger partial charge in [-0.15, -0.1) is 0 Å². The van der Waals surface area contributed by atoms with Gasteiger partial charge >= 0.3 is 0 Å². The first-order valence-corrected chi connectivity index (χ1v) is 12.2. The van der Waals surface area contributed by atoms with E-state index in [1.54, 1.807) is 48.5 Å². The molecular weight excluding hydrogens is 489 g/mol. The molecular formula is C29H20FN3O3S. The van der Waals surface area contributed by atoms with Crippen molar-refractivity contribution in [2.75, 3.05) is 15.5 Å². The highest BCUT2D eigenvalue weighted by Crippen LogP contribution is 2.38. The van der Waals surface area contributed by atoms with Gasteiger partial charge in [0.2, 0.25) is 0 Å². The number of imide groups is 1. The third-order valence-corrected chi connectivity index (χ3v) is 6.63. The van der Waals surface area contributed by atoms with Crippen LogP contribution in [0.1, 0.15) is 10.4 Å². The molecule has 0 bridgehead atoms. The number of benzene rings is 4. The highest BCUT2D eigenvalue weighted by Gasteiger charge is 2.40. The average molecular weight is 510 g/mol. The van der Waals surface area contributed by atoms with Gasteiger partial charge in [-0.3, -0.25) is 14.4 Å². The molecule has 2 N–H and O–H groups in total. The van der Waals surface area contributed by atoms with E-state index in [4.69, 9.17) is 0 Å². The lowest BCUT2D eigenvalue weighted by molar-refractivity contribution is -0.120. The minimum Gasteiger partial charge on any atom is -0.350 e. The summed E-state index contributed by atoms with van der Waals surface area (Å²) < 4.78 is 13.1. The standard InChI is InChI=1S/C29H20FN3O3S/c30-20-13-11-19(12-14-20)27(34)32-22-15-17-24(18-16-22)37-26-25(31-21-7-3-1-4-8-21)28(35)33(29(26)36)23-9-5-2-6-10-23/h1-18,31H,(H,32,34). The zero-order chi connectivity index (χ0) is 25.8. The molecule has 1 heterocycles. The van der Waals surface area contributed by atoms with Gasteiger partial charge in [-0.1, -0.05) is 48.2 Å². The van der Waals surface area contributed by atoms with Crippen LogP contribution in [0.3, 0.4) is 0 Å². The maximum absolute atomic E-state index is 13.4. The van der Waals surface area contributed by atoms with Crippen molar-refractivity contribution in [3.8, 4) is 0 Å². The summed E-state index contributed by atoms with van der Waals surface area (Å²) in [5.41, 5.74) is 2.23. The zero-order valence-corrected chi connectivity index (χ0v) is 20.2. The topological polar surface area (TPSA) is 78.5 Å². The molecule has 182 valence electrons. The molecule has 0 atom stereocenters. The van der Waals surface area contributed by atoms with Crippen molar-refractivity contribution in [3.05, 3.63) is 131 Å². The first-order valence-electron chi connectivity index (χ1n) is 11.3. The molecule has 0 spiro atoms. The number of hydrogen-bond acceptors (Lipinski definition) is 5. The zero-order valence-electron chi connectivity index (χ0n) is 19.4. The third-order valence-electron chi connectivity index (χ3n) is 5.54. The second-order valence-corrected chi connectivity index (χ2v) is 9.15. The second kappa shape index (κ2) is 10.5. The largest absolute Gasteiger partial charge is 0.350 e. The van der Waals surface area contributed by atoms with Crippen LogP contribution in [0.5, 0.6) is 0 Å². The molecule has 5 rings (SSSR count). The molecule has 0 saturated heterocycles. The maximum Gasteiger partial charge on any atom is 0.283 e. The van der Waals surface area contributed by atoms with Crippen molar-refractivity contribution >= 4 is 46.5 Å². The minimum atomic E-state index is -0.439. The highest BCUT2D eigenvalue weighted by molar-refractivity contribution is 8.04. The van der Waals surface area contributed by atoms with Gasteiger partial charge in [0.05, 0.1) is 5.69 Å². The van der Waals surface area contributed by atoms with Gasteiger partial charge in [0.25, 0.3) is 17.7 Å². The van der Waals surface area contributed by atoms with Crippen LogP contribution in [0.4, 0.5) is 21.5 Å². The molecule has 0 aromatic heterocycles. The van der Waals surface area contributed by atoms with Crippen molar-refractivity contribution < 1.29 is 18.8 Å². The normalized spacial score (nSPS) is 13.2. The quantitative estimate of drug-likeness (QED) is 0.296. The van der Waals surface area contributed by atoms with E-state index in [2.05, 4.69) is 10.6 Å². The fraction of sp³-hybridized carbons (Fsp3) is 0. The molecule has 0 saturated carbocycles. The average Bonchev–Trinajstić information content (AvgIpc) is 3.15. The van der Waals surface area contributed by atoms with Crippen LogP contribution in [0, 0.1) is 5.82 Å². The van der Waals surface area contributed by atoms with Crippen LogP contribution in [0.2, 0.25) is 0 Å². The molecule has 1 aliphatic rings. The van der Waals surface area contributed by atoms with Crippen LogP contribution in [0.25, 0.3) is 0 Å². The lowest BCUT2D eigenvalue weighted by Crippen LogP contribution is -2.32. The Morgan fingerprint density at radius 2 is 1.32 bits per heavy atom.